The van der Waals surface area contributed by atoms with E-state index in [9.17, 15) is 4.79 Å². The number of aromatic nitrogens is 2. The number of hydrogen-bond donors (Lipinski definition) is 1. The second-order valence-corrected chi connectivity index (χ2v) is 6.21. The maximum atomic E-state index is 10.9. The third-order valence-corrected chi connectivity index (χ3v) is 4.61. The summed E-state index contributed by atoms with van der Waals surface area (Å²) in [5, 5.41) is 2.84. The van der Waals surface area contributed by atoms with Crippen LogP contribution in [0.25, 0.3) is 0 Å². The third-order valence-electron chi connectivity index (χ3n) is 3.51. The Morgan fingerprint density at radius 2 is 1.95 bits per heavy atom. The number of carbonyl (C=O) groups excluding carboxylic acids is 1. The molecule has 3 rings (SSSR count). The smallest absolute Gasteiger partial charge is 0.216 e. The predicted molar refractivity (Wildman–Crippen MR) is 87.5 cm³/mol. The summed E-state index contributed by atoms with van der Waals surface area (Å²) in [4.78, 5) is 24.1. The molecule has 114 valence electrons. The minimum atomic E-state index is 0.0281. The summed E-state index contributed by atoms with van der Waals surface area (Å²) in [7, 11) is 0. The molecule has 1 N–H and O–H groups in total. The van der Waals surface area contributed by atoms with E-state index in [1.807, 2.05) is 36.9 Å². The molecule has 0 saturated carbocycles. The Kier molecular flexibility index (Phi) is 4.58. The van der Waals surface area contributed by atoms with Gasteiger partial charge in [-0.25, -0.2) is 0 Å². The van der Waals surface area contributed by atoms with Crippen LogP contribution in [-0.2, 0) is 4.79 Å². The molecule has 1 aliphatic rings. The second kappa shape index (κ2) is 6.79. The fourth-order valence-electron chi connectivity index (χ4n) is 2.49. The van der Waals surface area contributed by atoms with Crippen LogP contribution in [0.1, 0.15) is 19.8 Å². The Morgan fingerprint density at radius 1 is 1.14 bits per heavy atom. The van der Waals surface area contributed by atoms with Crippen molar-refractivity contribution in [2.24, 2.45) is 0 Å². The highest BCUT2D eigenvalue weighted by Gasteiger charge is 2.22. The van der Waals surface area contributed by atoms with Gasteiger partial charge in [0.2, 0.25) is 5.91 Å². The number of unbranched alkanes of at least 4 members (excludes halogenated alkanes) is 1. The van der Waals surface area contributed by atoms with E-state index in [4.69, 9.17) is 0 Å². The van der Waals surface area contributed by atoms with Crippen molar-refractivity contribution in [1.29, 1.82) is 0 Å². The molecule has 3 heterocycles. The zero-order chi connectivity index (χ0) is 15.4. The van der Waals surface area contributed by atoms with E-state index >= 15 is 0 Å². The topological polar surface area (TPSA) is 58.1 Å². The maximum Gasteiger partial charge on any atom is 0.216 e. The van der Waals surface area contributed by atoms with Crippen LogP contribution in [0.3, 0.4) is 0 Å². The fourth-order valence-corrected chi connectivity index (χ4v) is 3.51. The van der Waals surface area contributed by atoms with Gasteiger partial charge in [-0.2, -0.15) is 0 Å². The van der Waals surface area contributed by atoms with Crippen molar-refractivity contribution >= 4 is 29.0 Å². The number of amides is 1. The van der Waals surface area contributed by atoms with Crippen LogP contribution in [-0.4, -0.2) is 29.0 Å². The summed E-state index contributed by atoms with van der Waals surface area (Å²) in [6.45, 7) is 3.17. The van der Waals surface area contributed by atoms with Crippen molar-refractivity contribution in [3.8, 4) is 0 Å². The van der Waals surface area contributed by atoms with Crippen LogP contribution in [0.2, 0.25) is 0 Å². The molecule has 6 heteroatoms. The van der Waals surface area contributed by atoms with Crippen LogP contribution >= 0.6 is 11.8 Å². The quantitative estimate of drug-likeness (QED) is 0.860. The van der Waals surface area contributed by atoms with Gasteiger partial charge in [-0.1, -0.05) is 11.8 Å². The number of nitrogens with one attached hydrogen (secondary N) is 1. The molecule has 0 aromatic carbocycles. The van der Waals surface area contributed by atoms with E-state index in [0.29, 0.717) is 0 Å². The van der Waals surface area contributed by atoms with Crippen LogP contribution in [0.5, 0.6) is 0 Å². The van der Waals surface area contributed by atoms with Crippen LogP contribution in [0.4, 0.5) is 11.4 Å². The number of nitrogens with zero attached hydrogens (tertiary/aromatic N) is 3. The molecule has 0 atom stereocenters. The highest BCUT2D eigenvalue weighted by molar-refractivity contribution is 7.99. The van der Waals surface area contributed by atoms with Gasteiger partial charge in [0.25, 0.3) is 0 Å². The number of anilines is 2. The molecule has 0 spiro atoms. The van der Waals surface area contributed by atoms with Crippen molar-refractivity contribution in [2.45, 2.75) is 29.6 Å². The largest absolute Gasteiger partial charge is 0.356 e. The number of carbonyl (C=O) groups is 1. The molecule has 0 saturated heterocycles. The summed E-state index contributed by atoms with van der Waals surface area (Å²) in [6, 6.07) is 4.09. The van der Waals surface area contributed by atoms with Crippen LogP contribution in [0, 0.1) is 0 Å². The first-order valence-electron chi connectivity index (χ1n) is 7.33. The van der Waals surface area contributed by atoms with Gasteiger partial charge in [-0.15, -0.1) is 0 Å². The summed E-state index contributed by atoms with van der Waals surface area (Å²) in [5.74, 6) is 0.0281. The van der Waals surface area contributed by atoms with Crippen molar-refractivity contribution in [3.05, 3.63) is 36.9 Å². The predicted octanol–water partition coefficient (Wildman–Crippen LogP) is 3.00. The third kappa shape index (κ3) is 3.22. The Hall–Kier alpha value is -2.08. The van der Waals surface area contributed by atoms with E-state index in [1.165, 1.54) is 15.5 Å². The number of rotatable bonds is 5. The standard InChI is InChI=1S/C16H18N4OS/c1-12(21)19-6-2-3-9-20-13-4-7-18-11-16(13)22-15-5-8-17-10-14(15)20/h4-5,7-8,10-11H,2-3,6,9H2,1H3,(H,19,21). The van der Waals surface area contributed by atoms with E-state index in [2.05, 4.69) is 20.2 Å². The number of hydrogen-bond acceptors (Lipinski definition) is 5. The minimum absolute atomic E-state index is 0.0281. The van der Waals surface area contributed by atoms with Crippen molar-refractivity contribution < 1.29 is 4.79 Å². The first-order valence-corrected chi connectivity index (χ1v) is 8.15. The summed E-state index contributed by atoms with van der Waals surface area (Å²) < 4.78 is 0. The van der Waals surface area contributed by atoms with Crippen molar-refractivity contribution in [2.75, 3.05) is 18.0 Å². The van der Waals surface area contributed by atoms with Gasteiger partial charge in [0.05, 0.1) is 22.5 Å². The van der Waals surface area contributed by atoms with Crippen LogP contribution < -0.4 is 10.2 Å². The molecule has 1 amide bonds. The van der Waals surface area contributed by atoms with Gasteiger partial charge in [-0.3, -0.25) is 14.8 Å². The Bertz CT molecular complexity index is 631. The molecule has 22 heavy (non-hydrogen) atoms. The lowest BCUT2D eigenvalue weighted by molar-refractivity contribution is -0.118. The van der Waals surface area contributed by atoms with Gasteiger partial charge >= 0.3 is 0 Å². The average Bonchev–Trinajstić information content (AvgIpc) is 2.53. The lowest BCUT2D eigenvalue weighted by atomic mass is 10.2. The Balaban J connectivity index is 1.74. The van der Waals surface area contributed by atoms with E-state index in [1.54, 1.807) is 18.7 Å². The summed E-state index contributed by atoms with van der Waals surface area (Å²) in [5.41, 5.74) is 2.32. The van der Waals surface area contributed by atoms with Gasteiger partial charge in [-0.05, 0) is 25.0 Å². The lowest BCUT2D eigenvalue weighted by Crippen LogP contribution is -2.25. The highest BCUT2D eigenvalue weighted by atomic mass is 32.2. The zero-order valence-electron chi connectivity index (χ0n) is 12.5. The second-order valence-electron chi connectivity index (χ2n) is 5.13. The first kappa shape index (κ1) is 14.8. The highest BCUT2D eigenvalue weighted by Crippen LogP contribution is 2.47. The van der Waals surface area contributed by atoms with Gasteiger partial charge in [0.1, 0.15) is 0 Å². The van der Waals surface area contributed by atoms with E-state index in [-0.39, 0.29) is 5.91 Å². The molecular formula is C16H18N4OS. The Morgan fingerprint density at radius 3 is 2.82 bits per heavy atom. The maximum absolute atomic E-state index is 10.9. The molecule has 0 radical (unpaired) electrons. The van der Waals surface area contributed by atoms with E-state index in [0.717, 1.165) is 31.6 Å². The minimum Gasteiger partial charge on any atom is -0.356 e. The Labute approximate surface area is 134 Å². The summed E-state index contributed by atoms with van der Waals surface area (Å²) in [6.07, 6.45) is 9.43. The molecule has 2 aromatic heterocycles. The normalized spacial score (nSPS) is 12.5. The zero-order valence-corrected chi connectivity index (χ0v) is 13.3. The van der Waals surface area contributed by atoms with Crippen molar-refractivity contribution in [3.63, 3.8) is 0 Å². The van der Waals surface area contributed by atoms with E-state index < -0.39 is 0 Å². The van der Waals surface area contributed by atoms with Gasteiger partial charge in [0.15, 0.2) is 0 Å². The lowest BCUT2D eigenvalue weighted by Gasteiger charge is -2.32. The molecule has 5 nitrogen and oxygen atoms in total. The molecule has 0 fully saturated rings. The SMILES string of the molecule is CC(=O)NCCCCN1c2ccncc2Sc2ccncc21. The number of fused-ring (bicyclic) bond motifs is 2. The number of pyridine rings is 2. The van der Waals surface area contributed by atoms with Crippen molar-refractivity contribution in [1.82, 2.24) is 15.3 Å². The molecule has 2 aromatic rings. The molecule has 1 aliphatic heterocycles. The van der Waals surface area contributed by atoms with Gasteiger partial charge < -0.3 is 10.2 Å². The fraction of sp³-hybridized carbons (Fsp3) is 0.312. The van der Waals surface area contributed by atoms with Crippen LogP contribution in [0.15, 0.2) is 46.7 Å². The molecular weight excluding hydrogens is 296 g/mol. The monoisotopic (exact) mass is 314 g/mol. The average molecular weight is 314 g/mol. The molecule has 0 bridgehead atoms. The first-order chi connectivity index (χ1) is 10.8. The molecule has 0 aliphatic carbocycles. The van der Waals surface area contributed by atoms with Gasteiger partial charge in [0, 0.05) is 43.5 Å². The molecule has 0 unspecified atom stereocenters. The summed E-state index contributed by atoms with van der Waals surface area (Å²) >= 11 is 1.73.